The predicted octanol–water partition coefficient (Wildman–Crippen LogP) is 3.18. The van der Waals surface area contributed by atoms with E-state index in [0.29, 0.717) is 24.5 Å². The molecule has 0 bridgehead atoms. The molecule has 1 fully saturated rings. The maximum absolute atomic E-state index is 13.8. The molecule has 2 amide bonds. The summed E-state index contributed by atoms with van der Waals surface area (Å²) in [7, 11) is 0. The minimum atomic E-state index is -0.588. The van der Waals surface area contributed by atoms with Crippen LogP contribution in [0.3, 0.4) is 0 Å². The molecule has 0 aliphatic carbocycles. The van der Waals surface area contributed by atoms with E-state index in [1.54, 1.807) is 22.2 Å². The minimum Gasteiger partial charge on any atom is -0.454 e. The first kappa shape index (κ1) is 20.1. The molecule has 7 rings (SSSR count). The fourth-order valence-corrected chi connectivity index (χ4v) is 5.60. The van der Waals surface area contributed by atoms with Crippen LogP contribution < -0.4 is 9.47 Å². The molecule has 0 radical (unpaired) electrons. The molecule has 1 N–H and O–H groups in total. The van der Waals surface area contributed by atoms with Crippen molar-refractivity contribution in [1.82, 2.24) is 19.8 Å². The summed E-state index contributed by atoms with van der Waals surface area (Å²) in [4.78, 5) is 38.6. The summed E-state index contributed by atoms with van der Waals surface area (Å²) >= 11 is 0. The maximum Gasteiger partial charge on any atom is 0.246 e. The first-order valence-electron chi connectivity index (χ1n) is 11.7. The van der Waals surface area contributed by atoms with Crippen molar-refractivity contribution in [2.24, 2.45) is 0 Å². The summed E-state index contributed by atoms with van der Waals surface area (Å²) in [6, 6.07) is 16.6. The number of nitrogens with zero attached hydrogens (tertiary/aromatic N) is 3. The molecule has 174 valence electrons. The Labute approximate surface area is 201 Å². The number of hydrogen-bond acceptors (Lipinski definition) is 5. The van der Waals surface area contributed by atoms with Crippen molar-refractivity contribution in [2.75, 3.05) is 13.3 Å². The number of aromatic nitrogens is 2. The van der Waals surface area contributed by atoms with Gasteiger partial charge in [0.1, 0.15) is 12.6 Å². The Morgan fingerprint density at radius 2 is 1.91 bits per heavy atom. The van der Waals surface area contributed by atoms with Gasteiger partial charge in [-0.1, -0.05) is 30.3 Å². The number of ether oxygens (including phenoxy) is 2. The van der Waals surface area contributed by atoms with Gasteiger partial charge in [-0.25, -0.2) is 0 Å². The van der Waals surface area contributed by atoms with Crippen LogP contribution in [-0.2, 0) is 22.6 Å². The number of carbonyl (C=O) groups is 2. The number of carbonyl (C=O) groups excluding carboxylic acids is 2. The number of H-pyrrole nitrogens is 1. The molecule has 3 aliphatic rings. The SMILES string of the molecule is O=C1[C@@H]2Cc3c([nH]c4ccccc34)[C@H](c3ccc4c(c3)OCO4)N2C(=O)CN1Cc1cccnc1. The average molecular weight is 466 g/mol. The zero-order valence-electron chi connectivity index (χ0n) is 18.8. The average Bonchev–Trinajstić information content (AvgIpc) is 3.50. The Hall–Kier alpha value is -4.33. The molecule has 2 aromatic heterocycles. The smallest absolute Gasteiger partial charge is 0.246 e. The molecule has 35 heavy (non-hydrogen) atoms. The van der Waals surface area contributed by atoms with E-state index in [1.807, 2.05) is 48.5 Å². The fraction of sp³-hybridized carbons (Fsp3) is 0.222. The van der Waals surface area contributed by atoms with E-state index in [2.05, 4.69) is 16.0 Å². The Balaban J connectivity index is 1.35. The van der Waals surface area contributed by atoms with Crippen LogP contribution in [0.2, 0.25) is 0 Å². The molecule has 0 saturated carbocycles. The number of piperazine rings is 1. The van der Waals surface area contributed by atoms with Gasteiger partial charge in [-0.05, 0) is 41.0 Å². The lowest BCUT2D eigenvalue weighted by atomic mass is 9.86. The fourth-order valence-electron chi connectivity index (χ4n) is 5.60. The molecule has 4 aromatic rings. The third-order valence-corrected chi connectivity index (χ3v) is 7.15. The van der Waals surface area contributed by atoms with Gasteiger partial charge >= 0.3 is 0 Å². The molecule has 8 nitrogen and oxygen atoms in total. The van der Waals surface area contributed by atoms with Crippen LogP contribution in [0.4, 0.5) is 0 Å². The van der Waals surface area contributed by atoms with Crippen molar-refractivity contribution < 1.29 is 19.1 Å². The van der Waals surface area contributed by atoms with Gasteiger partial charge in [-0.2, -0.15) is 0 Å². The summed E-state index contributed by atoms with van der Waals surface area (Å²) < 4.78 is 11.1. The van der Waals surface area contributed by atoms with Crippen molar-refractivity contribution in [3.63, 3.8) is 0 Å². The van der Waals surface area contributed by atoms with Crippen molar-refractivity contribution in [1.29, 1.82) is 0 Å². The van der Waals surface area contributed by atoms with Crippen LogP contribution >= 0.6 is 0 Å². The lowest BCUT2D eigenvalue weighted by Crippen LogP contribution is -2.62. The van der Waals surface area contributed by atoms with Gasteiger partial charge in [0, 0.05) is 42.0 Å². The van der Waals surface area contributed by atoms with Gasteiger partial charge in [0.25, 0.3) is 0 Å². The largest absolute Gasteiger partial charge is 0.454 e. The minimum absolute atomic E-state index is 0.0286. The van der Waals surface area contributed by atoms with Crippen molar-refractivity contribution >= 4 is 22.7 Å². The normalized spacial score (nSPS) is 20.8. The molecule has 1 saturated heterocycles. The molecule has 0 unspecified atom stereocenters. The third kappa shape index (κ3) is 3.10. The zero-order chi connectivity index (χ0) is 23.5. The van der Waals surface area contributed by atoms with Gasteiger partial charge in [0.15, 0.2) is 11.5 Å². The first-order chi connectivity index (χ1) is 17.2. The molecular weight excluding hydrogens is 444 g/mol. The highest BCUT2D eigenvalue weighted by molar-refractivity contribution is 5.97. The van der Waals surface area contributed by atoms with E-state index in [9.17, 15) is 9.59 Å². The summed E-state index contributed by atoms with van der Waals surface area (Å²) in [6.45, 7) is 0.563. The Bertz CT molecular complexity index is 1480. The number of fused-ring (bicyclic) bond motifs is 5. The topological polar surface area (TPSA) is 87.8 Å². The van der Waals surface area contributed by atoms with Crippen LogP contribution in [0.25, 0.3) is 10.9 Å². The van der Waals surface area contributed by atoms with Crippen LogP contribution in [0, 0.1) is 0 Å². The second kappa shape index (κ2) is 7.59. The van der Waals surface area contributed by atoms with Crippen LogP contribution in [0.5, 0.6) is 11.5 Å². The van der Waals surface area contributed by atoms with Crippen LogP contribution in [0.15, 0.2) is 67.0 Å². The van der Waals surface area contributed by atoms with Crippen LogP contribution in [0.1, 0.15) is 28.4 Å². The standard InChI is InChI=1S/C27H22N4O4/c32-24-14-30(13-16-4-3-9-28-12-16)27(33)21-11-19-18-5-1-2-6-20(18)29-25(19)26(31(21)24)17-7-8-22-23(10-17)35-15-34-22/h1-10,12,21,26,29H,11,13-15H2/t21-,26-/m0/s1. The van der Waals surface area contributed by atoms with Gasteiger partial charge in [0.05, 0.1) is 6.04 Å². The van der Waals surface area contributed by atoms with E-state index in [4.69, 9.17) is 9.47 Å². The molecule has 2 aromatic carbocycles. The summed E-state index contributed by atoms with van der Waals surface area (Å²) in [5.41, 5.74) is 4.80. The molecular formula is C27H22N4O4. The van der Waals surface area contributed by atoms with Gasteiger partial charge in [-0.3, -0.25) is 14.6 Å². The van der Waals surface area contributed by atoms with Gasteiger partial charge < -0.3 is 24.3 Å². The molecule has 0 spiro atoms. The van der Waals surface area contributed by atoms with Gasteiger partial charge in [0.2, 0.25) is 18.6 Å². The summed E-state index contributed by atoms with van der Waals surface area (Å²) in [5.74, 6) is 1.21. The lowest BCUT2D eigenvalue weighted by molar-refractivity contribution is -0.159. The number of pyridine rings is 1. The van der Waals surface area contributed by atoms with E-state index >= 15 is 0 Å². The number of amides is 2. The highest BCUT2D eigenvalue weighted by Crippen LogP contribution is 2.45. The number of nitrogens with one attached hydrogen (secondary N) is 1. The highest BCUT2D eigenvalue weighted by atomic mass is 16.7. The number of benzene rings is 2. The maximum atomic E-state index is 13.8. The van der Waals surface area contributed by atoms with Crippen molar-refractivity contribution in [3.05, 3.63) is 89.4 Å². The summed E-state index contributed by atoms with van der Waals surface area (Å²) in [5, 5.41) is 1.08. The Morgan fingerprint density at radius 3 is 2.80 bits per heavy atom. The zero-order valence-corrected chi connectivity index (χ0v) is 18.8. The third-order valence-electron chi connectivity index (χ3n) is 7.15. The molecule has 3 aliphatic heterocycles. The monoisotopic (exact) mass is 466 g/mol. The quantitative estimate of drug-likeness (QED) is 0.501. The first-order valence-corrected chi connectivity index (χ1v) is 11.7. The molecule has 8 heteroatoms. The number of aromatic amines is 1. The lowest BCUT2D eigenvalue weighted by Gasteiger charge is -2.47. The molecule has 5 heterocycles. The second-order valence-electron chi connectivity index (χ2n) is 9.15. The van der Waals surface area contributed by atoms with E-state index < -0.39 is 12.1 Å². The number of hydrogen-bond donors (Lipinski definition) is 1. The van der Waals surface area contributed by atoms with E-state index in [1.165, 1.54) is 0 Å². The van der Waals surface area contributed by atoms with Crippen molar-refractivity contribution in [2.45, 2.75) is 25.0 Å². The Morgan fingerprint density at radius 1 is 1.03 bits per heavy atom. The number of rotatable bonds is 3. The second-order valence-corrected chi connectivity index (χ2v) is 9.15. The van der Waals surface area contributed by atoms with E-state index in [0.717, 1.165) is 33.3 Å². The highest BCUT2D eigenvalue weighted by Gasteiger charge is 2.48. The van der Waals surface area contributed by atoms with Gasteiger partial charge in [-0.15, -0.1) is 0 Å². The molecule has 2 atom stereocenters. The predicted molar refractivity (Wildman–Crippen MR) is 127 cm³/mol. The van der Waals surface area contributed by atoms with E-state index in [-0.39, 0.29) is 25.2 Å². The summed E-state index contributed by atoms with van der Waals surface area (Å²) in [6.07, 6.45) is 3.90. The van der Waals surface area contributed by atoms with Crippen LogP contribution in [-0.4, -0.2) is 51.0 Å². The van der Waals surface area contributed by atoms with Crippen molar-refractivity contribution in [3.8, 4) is 11.5 Å². The Kier molecular flexibility index (Phi) is 4.36. The number of para-hydroxylation sites is 1.